The monoisotopic (exact) mass is 256 g/mol. The smallest absolute Gasteiger partial charge is 0.120 e. The standard InChI is InChI=1S/C13H21ClN2O/c1-9(2)13(8-15)16(3)12-6-5-10(17-4)7-11(12)14/h5-7,9,13H,8,15H2,1-4H3. The van der Waals surface area contributed by atoms with Gasteiger partial charge < -0.3 is 15.4 Å². The van der Waals surface area contributed by atoms with Crippen LogP contribution in [0.3, 0.4) is 0 Å². The van der Waals surface area contributed by atoms with Gasteiger partial charge in [-0.2, -0.15) is 0 Å². The predicted molar refractivity (Wildman–Crippen MR) is 74.1 cm³/mol. The second kappa shape index (κ2) is 6.12. The minimum absolute atomic E-state index is 0.279. The fourth-order valence-electron chi connectivity index (χ4n) is 1.96. The molecule has 1 aromatic carbocycles. The van der Waals surface area contributed by atoms with Crippen molar-refractivity contribution in [2.24, 2.45) is 11.7 Å². The van der Waals surface area contributed by atoms with Crippen molar-refractivity contribution in [1.82, 2.24) is 0 Å². The Hall–Kier alpha value is -0.930. The van der Waals surface area contributed by atoms with E-state index in [1.54, 1.807) is 7.11 Å². The molecule has 1 aromatic rings. The quantitative estimate of drug-likeness (QED) is 0.881. The largest absolute Gasteiger partial charge is 0.497 e. The van der Waals surface area contributed by atoms with E-state index >= 15 is 0 Å². The number of hydrogen-bond donors (Lipinski definition) is 1. The van der Waals surface area contributed by atoms with Gasteiger partial charge in [-0.1, -0.05) is 25.4 Å². The molecule has 96 valence electrons. The Balaban J connectivity index is 2.99. The molecule has 0 heterocycles. The van der Waals surface area contributed by atoms with Crippen molar-refractivity contribution in [3.8, 4) is 5.75 Å². The molecule has 17 heavy (non-hydrogen) atoms. The highest BCUT2D eigenvalue weighted by Gasteiger charge is 2.19. The molecule has 3 nitrogen and oxygen atoms in total. The molecule has 0 aliphatic heterocycles. The van der Waals surface area contributed by atoms with Crippen LogP contribution >= 0.6 is 11.6 Å². The molecule has 0 fully saturated rings. The van der Waals surface area contributed by atoms with Crippen LogP contribution in [0.15, 0.2) is 18.2 Å². The Labute approximate surface area is 109 Å². The lowest BCUT2D eigenvalue weighted by atomic mass is 10.0. The van der Waals surface area contributed by atoms with Crippen LogP contribution in [0.4, 0.5) is 5.69 Å². The third kappa shape index (κ3) is 3.27. The first-order valence-corrected chi connectivity index (χ1v) is 6.15. The van der Waals surface area contributed by atoms with Crippen molar-refractivity contribution < 1.29 is 4.74 Å². The number of halogens is 1. The fraction of sp³-hybridized carbons (Fsp3) is 0.538. The molecule has 0 aromatic heterocycles. The molecule has 1 unspecified atom stereocenters. The van der Waals surface area contributed by atoms with Gasteiger partial charge in [-0.05, 0) is 18.1 Å². The van der Waals surface area contributed by atoms with Crippen molar-refractivity contribution in [3.05, 3.63) is 23.2 Å². The Morgan fingerprint density at radius 1 is 1.41 bits per heavy atom. The van der Waals surface area contributed by atoms with Crippen LogP contribution in [0.5, 0.6) is 5.75 Å². The number of anilines is 1. The molecule has 1 atom stereocenters. The summed E-state index contributed by atoms with van der Waals surface area (Å²) >= 11 is 6.25. The van der Waals surface area contributed by atoms with E-state index in [2.05, 4.69) is 18.7 Å². The topological polar surface area (TPSA) is 38.5 Å². The van der Waals surface area contributed by atoms with Crippen LogP contribution in [0.25, 0.3) is 0 Å². The number of ether oxygens (including phenoxy) is 1. The number of hydrogen-bond acceptors (Lipinski definition) is 3. The van der Waals surface area contributed by atoms with Crippen LogP contribution in [-0.2, 0) is 0 Å². The van der Waals surface area contributed by atoms with Crippen LogP contribution < -0.4 is 15.4 Å². The summed E-state index contributed by atoms with van der Waals surface area (Å²) in [5.74, 6) is 1.24. The minimum atomic E-state index is 0.279. The Kier molecular flexibility index (Phi) is 5.09. The SMILES string of the molecule is COc1ccc(N(C)C(CN)C(C)C)c(Cl)c1. The Morgan fingerprint density at radius 3 is 2.47 bits per heavy atom. The van der Waals surface area contributed by atoms with E-state index in [0.29, 0.717) is 17.5 Å². The summed E-state index contributed by atoms with van der Waals surface area (Å²) in [7, 11) is 3.65. The summed E-state index contributed by atoms with van der Waals surface area (Å²) in [5, 5.41) is 0.686. The lowest BCUT2D eigenvalue weighted by molar-refractivity contribution is 0.414. The summed E-state index contributed by atoms with van der Waals surface area (Å²) in [6.45, 7) is 4.92. The van der Waals surface area contributed by atoms with Gasteiger partial charge in [0.05, 0.1) is 17.8 Å². The van der Waals surface area contributed by atoms with Crippen molar-refractivity contribution in [3.63, 3.8) is 0 Å². The molecule has 0 bridgehead atoms. The summed E-state index contributed by atoms with van der Waals surface area (Å²) in [4.78, 5) is 2.13. The van der Waals surface area contributed by atoms with Crippen LogP contribution in [-0.4, -0.2) is 26.7 Å². The first-order valence-electron chi connectivity index (χ1n) is 5.77. The van der Waals surface area contributed by atoms with Crippen molar-refractivity contribution in [2.75, 3.05) is 25.6 Å². The lowest BCUT2D eigenvalue weighted by Gasteiger charge is -2.32. The van der Waals surface area contributed by atoms with E-state index < -0.39 is 0 Å². The predicted octanol–water partition coefficient (Wildman–Crippen LogP) is 2.77. The molecule has 0 radical (unpaired) electrons. The van der Waals surface area contributed by atoms with Gasteiger partial charge in [0.15, 0.2) is 0 Å². The average Bonchev–Trinajstić information content (AvgIpc) is 2.28. The number of likely N-dealkylation sites (N-methyl/N-ethyl adjacent to an activating group) is 1. The Bertz CT molecular complexity index is 368. The summed E-state index contributed by atoms with van der Waals surface area (Å²) < 4.78 is 5.14. The molecular weight excluding hydrogens is 236 g/mol. The van der Waals surface area contributed by atoms with E-state index in [0.717, 1.165) is 11.4 Å². The molecule has 0 aliphatic carbocycles. The maximum atomic E-state index is 6.25. The van der Waals surface area contributed by atoms with Gasteiger partial charge in [0, 0.05) is 25.7 Å². The summed E-state index contributed by atoms with van der Waals surface area (Å²) in [6, 6.07) is 5.97. The second-order valence-electron chi connectivity index (χ2n) is 4.48. The normalized spacial score (nSPS) is 12.6. The van der Waals surface area contributed by atoms with Crippen molar-refractivity contribution >= 4 is 17.3 Å². The summed E-state index contributed by atoms with van der Waals surface area (Å²) in [6.07, 6.45) is 0. The van der Waals surface area contributed by atoms with Crippen molar-refractivity contribution in [2.45, 2.75) is 19.9 Å². The van der Waals surface area contributed by atoms with Crippen LogP contribution in [0, 0.1) is 5.92 Å². The van der Waals surface area contributed by atoms with E-state index in [-0.39, 0.29) is 6.04 Å². The van der Waals surface area contributed by atoms with Gasteiger partial charge in [-0.3, -0.25) is 0 Å². The number of benzene rings is 1. The number of rotatable bonds is 5. The highest BCUT2D eigenvalue weighted by molar-refractivity contribution is 6.33. The minimum Gasteiger partial charge on any atom is -0.497 e. The molecule has 0 saturated heterocycles. The van der Waals surface area contributed by atoms with E-state index in [1.165, 1.54) is 0 Å². The van der Waals surface area contributed by atoms with Gasteiger partial charge in [0.25, 0.3) is 0 Å². The molecule has 1 rings (SSSR count). The highest BCUT2D eigenvalue weighted by Crippen LogP contribution is 2.31. The van der Waals surface area contributed by atoms with E-state index in [1.807, 2.05) is 25.2 Å². The lowest BCUT2D eigenvalue weighted by Crippen LogP contribution is -2.41. The van der Waals surface area contributed by atoms with Crippen molar-refractivity contribution in [1.29, 1.82) is 0 Å². The maximum Gasteiger partial charge on any atom is 0.120 e. The third-order valence-electron chi connectivity index (χ3n) is 3.04. The average molecular weight is 257 g/mol. The second-order valence-corrected chi connectivity index (χ2v) is 4.88. The maximum absolute atomic E-state index is 6.25. The zero-order valence-electron chi connectivity index (χ0n) is 10.9. The highest BCUT2D eigenvalue weighted by atomic mass is 35.5. The molecule has 0 saturated carbocycles. The van der Waals surface area contributed by atoms with Gasteiger partial charge in [-0.25, -0.2) is 0 Å². The number of nitrogens with zero attached hydrogens (tertiary/aromatic N) is 1. The Morgan fingerprint density at radius 2 is 2.06 bits per heavy atom. The molecular formula is C13H21ClN2O. The first kappa shape index (κ1) is 14.1. The molecule has 2 N–H and O–H groups in total. The van der Waals surface area contributed by atoms with Crippen LogP contribution in [0.2, 0.25) is 5.02 Å². The fourth-order valence-corrected chi connectivity index (χ4v) is 2.26. The summed E-state index contributed by atoms with van der Waals surface area (Å²) in [5.41, 5.74) is 6.79. The molecule has 0 spiro atoms. The number of methoxy groups -OCH3 is 1. The zero-order valence-corrected chi connectivity index (χ0v) is 11.7. The van der Waals surface area contributed by atoms with Gasteiger partial charge >= 0.3 is 0 Å². The zero-order chi connectivity index (χ0) is 13.0. The number of nitrogens with two attached hydrogens (primary N) is 1. The van der Waals surface area contributed by atoms with E-state index in [9.17, 15) is 0 Å². The molecule has 4 heteroatoms. The van der Waals surface area contributed by atoms with Crippen LogP contribution in [0.1, 0.15) is 13.8 Å². The van der Waals surface area contributed by atoms with Gasteiger partial charge in [0.1, 0.15) is 5.75 Å². The first-order chi connectivity index (χ1) is 8.01. The van der Waals surface area contributed by atoms with E-state index in [4.69, 9.17) is 22.1 Å². The third-order valence-corrected chi connectivity index (χ3v) is 3.35. The van der Waals surface area contributed by atoms with Gasteiger partial charge in [-0.15, -0.1) is 0 Å². The molecule has 0 amide bonds. The van der Waals surface area contributed by atoms with Gasteiger partial charge in [0.2, 0.25) is 0 Å². The molecule has 0 aliphatic rings.